The van der Waals surface area contributed by atoms with Crippen molar-refractivity contribution in [1.82, 2.24) is 0 Å². The molecule has 0 bridgehead atoms. The van der Waals surface area contributed by atoms with Crippen molar-refractivity contribution in [3.63, 3.8) is 0 Å². The molecule has 0 atom stereocenters. The van der Waals surface area contributed by atoms with Crippen LogP contribution in [0.5, 0.6) is 17.2 Å². The predicted molar refractivity (Wildman–Crippen MR) is 114 cm³/mol. The number of hydrogen-bond acceptors (Lipinski definition) is 4. The van der Waals surface area contributed by atoms with Crippen LogP contribution in [0.15, 0.2) is 72.8 Å². The molecule has 0 unspecified atom stereocenters. The van der Waals surface area contributed by atoms with Gasteiger partial charge >= 0.3 is 0 Å². The average molecular weight is 407 g/mol. The summed E-state index contributed by atoms with van der Waals surface area (Å²) in [5.41, 5.74) is 1.85. The van der Waals surface area contributed by atoms with E-state index in [1.807, 2.05) is 54.6 Å². The van der Waals surface area contributed by atoms with Crippen LogP contribution >= 0.6 is 0 Å². The van der Waals surface area contributed by atoms with E-state index in [0.717, 1.165) is 17.2 Å². The van der Waals surface area contributed by atoms with Gasteiger partial charge < -0.3 is 19.5 Å². The molecule has 154 valence electrons. The van der Waals surface area contributed by atoms with Gasteiger partial charge in [0.05, 0.1) is 19.9 Å². The molecular weight excluding hydrogens is 385 g/mol. The molecule has 0 aliphatic rings. The van der Waals surface area contributed by atoms with Gasteiger partial charge in [-0.3, -0.25) is 4.79 Å². The number of carbonyl (C=O) groups excluding carboxylic acids is 1. The van der Waals surface area contributed by atoms with Gasteiger partial charge in [0, 0.05) is 18.2 Å². The van der Waals surface area contributed by atoms with E-state index in [0.29, 0.717) is 18.1 Å². The molecule has 0 heterocycles. The highest BCUT2D eigenvalue weighted by molar-refractivity contribution is 6.02. The number of benzene rings is 3. The van der Waals surface area contributed by atoms with Crippen LogP contribution in [0.2, 0.25) is 0 Å². The monoisotopic (exact) mass is 407 g/mol. The molecule has 0 radical (unpaired) electrons. The van der Waals surface area contributed by atoms with E-state index >= 15 is 0 Å². The van der Waals surface area contributed by atoms with Crippen LogP contribution in [0.25, 0.3) is 6.08 Å². The minimum absolute atomic E-state index is 0.00208. The Hall–Kier alpha value is -3.80. The number of methoxy groups -OCH3 is 2. The largest absolute Gasteiger partial charge is 0.493 e. The van der Waals surface area contributed by atoms with E-state index in [4.69, 9.17) is 14.2 Å². The molecule has 5 nitrogen and oxygen atoms in total. The average Bonchev–Trinajstić information content (AvgIpc) is 2.78. The van der Waals surface area contributed by atoms with E-state index < -0.39 is 11.7 Å². The first-order chi connectivity index (χ1) is 14.6. The highest BCUT2D eigenvalue weighted by Crippen LogP contribution is 2.32. The van der Waals surface area contributed by atoms with Crippen LogP contribution < -0.4 is 19.5 Å². The summed E-state index contributed by atoms with van der Waals surface area (Å²) in [5, 5.41) is 2.50. The normalized spacial score (nSPS) is 10.6. The van der Waals surface area contributed by atoms with Gasteiger partial charge in [-0.05, 0) is 29.3 Å². The molecule has 0 aromatic heterocycles. The van der Waals surface area contributed by atoms with Gasteiger partial charge in [-0.15, -0.1) is 0 Å². The summed E-state index contributed by atoms with van der Waals surface area (Å²) in [6.07, 6.45) is 2.95. The van der Waals surface area contributed by atoms with E-state index in [2.05, 4.69) is 5.32 Å². The molecule has 1 N–H and O–H groups in total. The van der Waals surface area contributed by atoms with Gasteiger partial charge in [0.25, 0.3) is 0 Å². The van der Waals surface area contributed by atoms with E-state index in [1.165, 1.54) is 26.4 Å². The molecule has 0 aliphatic carbocycles. The van der Waals surface area contributed by atoms with E-state index in [1.54, 1.807) is 6.08 Å². The Labute approximate surface area is 174 Å². The molecular formula is C24H22FNO4. The SMILES string of the molecule is COc1cc(F)c(NC(=O)/C=C/c2cccc(OCc3ccccc3)c2)cc1OC. The first-order valence-corrected chi connectivity index (χ1v) is 9.26. The van der Waals surface area contributed by atoms with Crippen molar-refractivity contribution in [1.29, 1.82) is 0 Å². The van der Waals surface area contributed by atoms with Gasteiger partial charge in [-0.2, -0.15) is 0 Å². The number of carbonyl (C=O) groups is 1. The van der Waals surface area contributed by atoms with Crippen LogP contribution in [0.4, 0.5) is 10.1 Å². The van der Waals surface area contributed by atoms with Crippen molar-refractivity contribution in [2.75, 3.05) is 19.5 Å². The fourth-order valence-electron chi connectivity index (χ4n) is 2.75. The first-order valence-electron chi connectivity index (χ1n) is 9.26. The zero-order chi connectivity index (χ0) is 21.3. The number of hydrogen-bond donors (Lipinski definition) is 1. The number of anilines is 1. The molecule has 0 saturated carbocycles. The van der Waals surface area contributed by atoms with Crippen LogP contribution in [0.3, 0.4) is 0 Å². The van der Waals surface area contributed by atoms with Crippen molar-refractivity contribution >= 4 is 17.7 Å². The summed E-state index contributed by atoms with van der Waals surface area (Å²) in [4.78, 5) is 12.2. The maximum absolute atomic E-state index is 14.2. The molecule has 3 aromatic rings. The van der Waals surface area contributed by atoms with Gasteiger partial charge in [-0.1, -0.05) is 42.5 Å². The van der Waals surface area contributed by atoms with Gasteiger partial charge in [-0.25, -0.2) is 4.39 Å². The second-order valence-corrected chi connectivity index (χ2v) is 6.36. The Bertz CT molecular complexity index is 1030. The predicted octanol–water partition coefficient (Wildman–Crippen LogP) is 5.07. The standard InChI is InChI=1S/C24H22FNO4/c1-28-22-14-20(25)21(15-23(22)29-2)26-24(27)12-11-17-9-6-10-19(13-17)30-16-18-7-4-3-5-8-18/h3-15H,16H2,1-2H3,(H,26,27)/b12-11+. The number of halogens is 1. The molecule has 0 saturated heterocycles. The molecule has 6 heteroatoms. The lowest BCUT2D eigenvalue weighted by atomic mass is 10.2. The Morgan fingerprint density at radius 2 is 1.70 bits per heavy atom. The van der Waals surface area contributed by atoms with E-state index in [-0.39, 0.29) is 11.4 Å². The van der Waals surface area contributed by atoms with Crippen LogP contribution in [-0.2, 0) is 11.4 Å². The summed E-state index contributed by atoms with van der Waals surface area (Å²) in [6.45, 7) is 0.451. The Balaban J connectivity index is 1.64. The molecule has 3 rings (SSSR count). The summed E-state index contributed by atoms with van der Waals surface area (Å²) in [5.74, 6) is 0.159. The lowest BCUT2D eigenvalue weighted by Gasteiger charge is -2.11. The number of amides is 1. The summed E-state index contributed by atoms with van der Waals surface area (Å²) < 4.78 is 30.1. The zero-order valence-corrected chi connectivity index (χ0v) is 16.7. The lowest BCUT2D eigenvalue weighted by molar-refractivity contribution is -0.111. The fraction of sp³-hybridized carbons (Fsp3) is 0.125. The summed E-state index contributed by atoms with van der Waals surface area (Å²) >= 11 is 0. The third-order valence-corrected chi connectivity index (χ3v) is 4.26. The Morgan fingerprint density at radius 1 is 0.967 bits per heavy atom. The van der Waals surface area contributed by atoms with Crippen molar-refractivity contribution in [2.24, 2.45) is 0 Å². The highest BCUT2D eigenvalue weighted by atomic mass is 19.1. The molecule has 0 fully saturated rings. The van der Waals surface area contributed by atoms with E-state index in [9.17, 15) is 9.18 Å². The third kappa shape index (κ3) is 5.61. The molecule has 1 amide bonds. The summed E-state index contributed by atoms with van der Waals surface area (Å²) in [6, 6.07) is 19.7. The minimum Gasteiger partial charge on any atom is -0.493 e. The topological polar surface area (TPSA) is 56.8 Å². The zero-order valence-electron chi connectivity index (χ0n) is 16.7. The molecule has 30 heavy (non-hydrogen) atoms. The van der Waals surface area contributed by atoms with Crippen LogP contribution in [-0.4, -0.2) is 20.1 Å². The smallest absolute Gasteiger partial charge is 0.248 e. The number of nitrogens with one attached hydrogen (secondary N) is 1. The first kappa shape index (κ1) is 20.9. The van der Waals surface area contributed by atoms with Crippen molar-refractivity contribution in [3.05, 3.63) is 89.8 Å². The molecule has 3 aromatic carbocycles. The van der Waals surface area contributed by atoms with Gasteiger partial charge in [0.15, 0.2) is 17.3 Å². The summed E-state index contributed by atoms with van der Waals surface area (Å²) in [7, 11) is 2.85. The van der Waals surface area contributed by atoms with Crippen molar-refractivity contribution < 1.29 is 23.4 Å². The van der Waals surface area contributed by atoms with Crippen LogP contribution in [0, 0.1) is 5.82 Å². The number of ether oxygens (including phenoxy) is 3. The van der Waals surface area contributed by atoms with Crippen LogP contribution in [0.1, 0.15) is 11.1 Å². The third-order valence-electron chi connectivity index (χ3n) is 4.26. The Morgan fingerprint density at radius 3 is 2.43 bits per heavy atom. The minimum atomic E-state index is -0.620. The Kier molecular flexibility index (Phi) is 7.05. The second-order valence-electron chi connectivity index (χ2n) is 6.36. The van der Waals surface area contributed by atoms with Gasteiger partial charge in [0.1, 0.15) is 12.4 Å². The molecule has 0 aliphatic heterocycles. The number of rotatable bonds is 8. The van der Waals surface area contributed by atoms with Crippen molar-refractivity contribution in [2.45, 2.75) is 6.61 Å². The highest BCUT2D eigenvalue weighted by Gasteiger charge is 2.12. The quantitative estimate of drug-likeness (QED) is 0.530. The maximum Gasteiger partial charge on any atom is 0.248 e. The fourth-order valence-corrected chi connectivity index (χ4v) is 2.75. The maximum atomic E-state index is 14.2. The van der Waals surface area contributed by atoms with Gasteiger partial charge in [0.2, 0.25) is 5.91 Å². The molecule has 0 spiro atoms. The van der Waals surface area contributed by atoms with Crippen molar-refractivity contribution in [3.8, 4) is 17.2 Å². The second kappa shape index (κ2) is 10.1. The lowest BCUT2D eigenvalue weighted by Crippen LogP contribution is -2.09.